The van der Waals surface area contributed by atoms with Crippen LogP contribution in [0.15, 0.2) is 125 Å². The van der Waals surface area contributed by atoms with Crippen molar-refractivity contribution in [3.8, 4) is 22.1 Å². The number of aromatic nitrogens is 1. The molecule has 56 heavy (non-hydrogen) atoms. The maximum atomic E-state index is 13.9. The van der Waals surface area contributed by atoms with Crippen molar-refractivity contribution >= 4 is 53.3 Å². The molecule has 8 nitrogen and oxygen atoms in total. The molecule has 1 atom stereocenters. The molecule has 0 bridgehead atoms. The number of thiophene rings is 1. The summed E-state index contributed by atoms with van der Waals surface area (Å²) in [4.78, 5) is 17.6. The first-order valence-corrected chi connectivity index (χ1v) is 20.0. The van der Waals surface area contributed by atoms with Gasteiger partial charge in [0.15, 0.2) is 6.61 Å². The SMILES string of the molecule is O=C(COc1ccc(/C=C/C2=NC(=C\c3ccc(-c4cccs4)n3B(F)F)/C=C2)cc1)NCCCCCCCCNC[C@H](O)COc1cccc2ccccc12. The number of aliphatic hydroxyl groups excluding tert-OH is 1. The van der Waals surface area contributed by atoms with Gasteiger partial charge in [-0.05, 0) is 96.4 Å². The molecule has 5 aromatic rings. The molecule has 3 N–H and O–H groups in total. The molecule has 1 aliphatic heterocycles. The third kappa shape index (κ3) is 12.1. The lowest BCUT2D eigenvalue weighted by Crippen LogP contribution is -2.32. The highest BCUT2D eigenvalue weighted by atomic mass is 32.1. The molecule has 1 aliphatic rings. The van der Waals surface area contributed by atoms with Crippen LogP contribution in [0, 0.1) is 0 Å². The molecule has 0 fully saturated rings. The number of nitrogens with one attached hydrogen (secondary N) is 2. The number of benzene rings is 3. The summed E-state index contributed by atoms with van der Waals surface area (Å²) in [6.45, 7) is 2.17. The summed E-state index contributed by atoms with van der Waals surface area (Å²) >= 11 is 1.42. The molecule has 0 radical (unpaired) electrons. The summed E-state index contributed by atoms with van der Waals surface area (Å²) in [5, 5.41) is 20.6. The first-order chi connectivity index (χ1) is 27.4. The van der Waals surface area contributed by atoms with Crippen molar-refractivity contribution in [1.82, 2.24) is 15.1 Å². The third-order valence-corrected chi connectivity index (χ3v) is 10.1. The minimum atomic E-state index is -2.67. The fourth-order valence-corrected chi connectivity index (χ4v) is 7.09. The number of carbonyl (C=O) groups is 1. The quantitative estimate of drug-likeness (QED) is 0.0482. The van der Waals surface area contributed by atoms with E-state index in [0.717, 1.165) is 76.5 Å². The van der Waals surface area contributed by atoms with Crippen molar-refractivity contribution in [2.45, 2.75) is 44.6 Å². The minimum Gasteiger partial charge on any atom is -0.490 e. The highest BCUT2D eigenvalue weighted by molar-refractivity contribution is 7.13. The van der Waals surface area contributed by atoms with Crippen LogP contribution in [0.4, 0.5) is 8.63 Å². The molecule has 0 unspecified atom stereocenters. The summed E-state index contributed by atoms with van der Waals surface area (Å²) in [6.07, 6.45) is 14.9. The average molecular weight is 777 g/mol. The molecule has 2 aromatic heterocycles. The van der Waals surface area contributed by atoms with Gasteiger partial charge in [-0.2, -0.15) is 0 Å². The maximum absolute atomic E-state index is 13.9. The molecule has 0 spiro atoms. The second-order valence-electron chi connectivity index (χ2n) is 13.5. The number of unbranched alkanes of at least 4 members (excludes halogenated alkanes) is 5. The molecule has 0 aliphatic carbocycles. The van der Waals surface area contributed by atoms with Gasteiger partial charge in [-0.3, -0.25) is 13.4 Å². The summed E-state index contributed by atoms with van der Waals surface area (Å²) in [5.41, 5.74) is 3.11. The zero-order valence-corrected chi connectivity index (χ0v) is 32.1. The van der Waals surface area contributed by atoms with E-state index < -0.39 is 13.5 Å². The number of rotatable bonds is 22. The summed E-state index contributed by atoms with van der Waals surface area (Å²) in [7, 11) is -2.67. The number of hydrogen-bond donors (Lipinski definition) is 3. The van der Waals surface area contributed by atoms with Crippen LogP contribution in [0.5, 0.6) is 11.5 Å². The second-order valence-corrected chi connectivity index (χ2v) is 14.5. The van der Waals surface area contributed by atoms with Crippen molar-refractivity contribution in [2.75, 3.05) is 32.8 Å². The van der Waals surface area contributed by atoms with E-state index in [1.54, 1.807) is 24.3 Å². The number of allylic oxidation sites excluding steroid dienone is 3. The van der Waals surface area contributed by atoms with Crippen LogP contribution in [0.1, 0.15) is 49.8 Å². The van der Waals surface area contributed by atoms with E-state index in [2.05, 4.69) is 15.6 Å². The normalized spacial score (nSPS) is 13.8. The number of aliphatic imine (C=N–C) groups is 1. The number of carbonyl (C=O) groups excluding carboxylic acids is 1. The lowest BCUT2D eigenvalue weighted by atomic mass is 10.1. The monoisotopic (exact) mass is 776 g/mol. The number of nitrogens with zero attached hydrogens (tertiary/aromatic N) is 2. The van der Waals surface area contributed by atoms with Gasteiger partial charge >= 0.3 is 7.40 Å². The second kappa shape index (κ2) is 21.1. The van der Waals surface area contributed by atoms with Crippen molar-refractivity contribution in [3.05, 3.63) is 132 Å². The predicted octanol–water partition coefficient (Wildman–Crippen LogP) is 9.07. The van der Waals surface area contributed by atoms with E-state index in [1.807, 2.05) is 102 Å². The number of amides is 1. The number of hydrogen-bond acceptors (Lipinski definition) is 7. The highest BCUT2D eigenvalue weighted by Gasteiger charge is 2.24. The first kappa shape index (κ1) is 40.4. The highest BCUT2D eigenvalue weighted by Crippen LogP contribution is 2.30. The van der Waals surface area contributed by atoms with E-state index in [4.69, 9.17) is 9.47 Å². The summed E-state index contributed by atoms with van der Waals surface area (Å²) in [5.74, 6) is 1.24. The van der Waals surface area contributed by atoms with Gasteiger partial charge in [0, 0.05) is 29.0 Å². The Balaban J connectivity index is 0.788. The zero-order chi connectivity index (χ0) is 39.0. The first-order valence-electron chi connectivity index (χ1n) is 19.1. The van der Waals surface area contributed by atoms with Crippen molar-refractivity contribution < 1.29 is 28.0 Å². The Morgan fingerprint density at radius 2 is 1.64 bits per heavy atom. The molecule has 0 saturated heterocycles. The Morgan fingerprint density at radius 1 is 0.857 bits per heavy atom. The van der Waals surface area contributed by atoms with Crippen molar-refractivity contribution in [1.29, 1.82) is 0 Å². The van der Waals surface area contributed by atoms with Gasteiger partial charge in [-0.25, -0.2) is 4.99 Å². The van der Waals surface area contributed by atoms with Crippen LogP contribution in [0.25, 0.3) is 33.5 Å². The van der Waals surface area contributed by atoms with E-state index in [1.165, 1.54) is 11.3 Å². The zero-order valence-electron chi connectivity index (χ0n) is 31.3. The van der Waals surface area contributed by atoms with Crippen LogP contribution < -0.4 is 20.1 Å². The maximum Gasteiger partial charge on any atom is 0.678 e. The number of halogens is 2. The smallest absolute Gasteiger partial charge is 0.490 e. The number of ether oxygens (including phenoxy) is 2. The van der Waals surface area contributed by atoms with Gasteiger partial charge in [0.2, 0.25) is 0 Å². The Hall–Kier alpha value is -5.30. The minimum absolute atomic E-state index is 0.0490. The Bertz CT molecular complexity index is 2120. The van der Waals surface area contributed by atoms with Crippen LogP contribution >= 0.6 is 11.3 Å². The van der Waals surface area contributed by atoms with Gasteiger partial charge < -0.3 is 29.7 Å². The molecule has 3 aromatic carbocycles. The molecule has 6 rings (SSSR count). The fourth-order valence-electron chi connectivity index (χ4n) is 6.35. The molecule has 12 heteroatoms. The number of fused-ring (bicyclic) bond motifs is 1. The van der Waals surface area contributed by atoms with Gasteiger partial charge in [0.1, 0.15) is 24.2 Å². The van der Waals surface area contributed by atoms with Crippen LogP contribution in [-0.4, -0.2) is 67.6 Å². The van der Waals surface area contributed by atoms with E-state index in [-0.39, 0.29) is 19.1 Å². The molecule has 1 amide bonds. The van der Waals surface area contributed by atoms with Gasteiger partial charge in [-0.1, -0.05) is 86.4 Å². The molecular weight excluding hydrogens is 729 g/mol. The Labute approximate surface area is 331 Å². The Morgan fingerprint density at radius 3 is 2.45 bits per heavy atom. The lowest BCUT2D eigenvalue weighted by Gasteiger charge is -2.14. The molecule has 290 valence electrons. The summed E-state index contributed by atoms with van der Waals surface area (Å²) in [6, 6.07) is 28.5. The van der Waals surface area contributed by atoms with Crippen molar-refractivity contribution in [2.24, 2.45) is 4.99 Å². The third-order valence-electron chi connectivity index (χ3n) is 9.26. The van der Waals surface area contributed by atoms with E-state index in [0.29, 0.717) is 41.6 Å². The fraction of sp³-hybridized carbons (Fsp3) is 0.273. The van der Waals surface area contributed by atoms with Gasteiger partial charge in [-0.15, -0.1) is 11.3 Å². The molecule has 0 saturated carbocycles. The lowest BCUT2D eigenvalue weighted by molar-refractivity contribution is -0.123. The topological polar surface area (TPSA) is 97.1 Å². The van der Waals surface area contributed by atoms with Crippen LogP contribution in [-0.2, 0) is 4.79 Å². The number of aliphatic hydroxyl groups is 1. The molecular formula is C44H47BF2N4O4S. The van der Waals surface area contributed by atoms with E-state index in [9.17, 15) is 18.5 Å². The predicted molar refractivity (Wildman–Crippen MR) is 226 cm³/mol. The van der Waals surface area contributed by atoms with Crippen LogP contribution in [0.3, 0.4) is 0 Å². The van der Waals surface area contributed by atoms with Crippen LogP contribution in [0.2, 0.25) is 0 Å². The molecule has 3 heterocycles. The van der Waals surface area contributed by atoms with E-state index >= 15 is 0 Å². The van der Waals surface area contributed by atoms with Gasteiger partial charge in [0.05, 0.1) is 17.1 Å². The van der Waals surface area contributed by atoms with Gasteiger partial charge in [0.25, 0.3) is 5.91 Å². The standard InChI is InChI=1S/C44H47BF2N4O4S/c46-45(47)51-37(22-25-41(51)43-15-10-28-56-43)29-36-21-20-35(50-36)19-16-33-17-23-39(24-18-33)54-32-44(53)49-27-8-4-2-1-3-7-26-48-30-38(52)31-55-42-14-9-12-34-11-5-6-13-40(34)42/h5-6,9-25,28-29,38,48,52H,1-4,7-8,26-27,30-32H2,(H,49,53)/b19-16+,36-29-/t38-/m0/s1. The Kier molecular flexibility index (Phi) is 15.2. The van der Waals surface area contributed by atoms with Crippen molar-refractivity contribution in [3.63, 3.8) is 0 Å². The summed E-state index contributed by atoms with van der Waals surface area (Å²) < 4.78 is 40.4. The largest absolute Gasteiger partial charge is 0.678 e. The average Bonchev–Trinajstić information content (AvgIpc) is 4.00.